The van der Waals surface area contributed by atoms with Crippen molar-refractivity contribution in [3.63, 3.8) is 0 Å². The van der Waals surface area contributed by atoms with E-state index >= 15 is 0 Å². The average molecular weight is 368 g/mol. The summed E-state index contributed by atoms with van der Waals surface area (Å²) in [6.07, 6.45) is 0. The third kappa shape index (κ3) is 3.34. The van der Waals surface area contributed by atoms with E-state index in [1.165, 1.54) is 12.1 Å². The second-order valence-electron chi connectivity index (χ2n) is 6.14. The molecule has 1 heterocycles. The zero-order valence-electron chi connectivity index (χ0n) is 14.6. The van der Waals surface area contributed by atoms with Gasteiger partial charge in [-0.25, -0.2) is 0 Å². The van der Waals surface area contributed by atoms with Crippen LogP contribution < -0.4 is 10.2 Å². The number of fused-ring (bicyclic) bond motifs is 1. The van der Waals surface area contributed by atoms with Gasteiger partial charge >= 0.3 is 0 Å². The summed E-state index contributed by atoms with van der Waals surface area (Å²) in [7, 11) is 3.77. The van der Waals surface area contributed by atoms with Crippen LogP contribution in [0.3, 0.4) is 0 Å². The fraction of sp³-hybridized carbons (Fsp3) is 0.167. The molecule has 1 N–H and O–H groups in total. The molecule has 0 aromatic heterocycles. The molecule has 1 aliphatic rings. The molecule has 0 spiro atoms. The molecule has 0 unspecified atom stereocenters. The monoisotopic (exact) mass is 368 g/mol. The van der Waals surface area contributed by atoms with Gasteiger partial charge < -0.3 is 10.2 Å². The number of anilines is 2. The smallest absolute Gasteiger partial charge is 0.282 e. The molecule has 3 rings (SSSR count). The zero-order chi connectivity index (χ0) is 19.7. The first-order chi connectivity index (χ1) is 12.8. The number of nitro benzene ring substituents is 1. The summed E-state index contributed by atoms with van der Waals surface area (Å²) >= 11 is 0. The van der Waals surface area contributed by atoms with E-state index in [-0.39, 0.29) is 11.1 Å². The minimum atomic E-state index is -0.847. The molecule has 9 heteroatoms. The molecule has 27 heavy (non-hydrogen) atoms. The summed E-state index contributed by atoms with van der Waals surface area (Å²) in [6.45, 7) is -0.529. The molecule has 0 atom stereocenters. The van der Waals surface area contributed by atoms with Gasteiger partial charge in [0, 0.05) is 31.5 Å². The van der Waals surface area contributed by atoms with Crippen molar-refractivity contribution in [2.75, 3.05) is 30.9 Å². The second-order valence-corrected chi connectivity index (χ2v) is 6.14. The van der Waals surface area contributed by atoms with Gasteiger partial charge in [-0.3, -0.25) is 29.4 Å². The lowest BCUT2D eigenvalue weighted by Crippen LogP contribution is -2.37. The number of amides is 3. The number of hydrogen-bond donors (Lipinski definition) is 1. The molecule has 2 aromatic rings. The lowest BCUT2D eigenvalue weighted by molar-refractivity contribution is -0.385. The quantitative estimate of drug-likeness (QED) is 0.490. The van der Waals surface area contributed by atoms with E-state index in [1.54, 1.807) is 24.3 Å². The number of nitrogens with one attached hydrogen (secondary N) is 1. The molecule has 1 aliphatic heterocycles. The Bertz CT molecular complexity index is 953. The van der Waals surface area contributed by atoms with Gasteiger partial charge in [-0.05, 0) is 30.3 Å². The van der Waals surface area contributed by atoms with Gasteiger partial charge in [-0.15, -0.1) is 0 Å². The Morgan fingerprint density at radius 3 is 2.37 bits per heavy atom. The number of hydrogen-bond acceptors (Lipinski definition) is 6. The summed E-state index contributed by atoms with van der Waals surface area (Å²) in [5.74, 6) is -2.15. The zero-order valence-corrected chi connectivity index (χ0v) is 14.6. The van der Waals surface area contributed by atoms with Crippen molar-refractivity contribution >= 4 is 34.8 Å². The summed E-state index contributed by atoms with van der Waals surface area (Å²) in [5, 5.41) is 13.7. The predicted molar refractivity (Wildman–Crippen MR) is 97.9 cm³/mol. The SMILES string of the molecule is CN(C)c1ccc(NC(=O)CN2C(=O)c3cccc([N+](=O)[O-])c3C2=O)cc1. The molecule has 138 valence electrons. The Morgan fingerprint density at radius 2 is 1.78 bits per heavy atom. The predicted octanol–water partition coefficient (Wildman–Crippen LogP) is 1.90. The van der Waals surface area contributed by atoms with Crippen LogP contribution in [0.5, 0.6) is 0 Å². The van der Waals surface area contributed by atoms with Crippen molar-refractivity contribution in [1.29, 1.82) is 0 Å². The maximum atomic E-state index is 12.5. The van der Waals surface area contributed by atoms with Gasteiger partial charge in [0.25, 0.3) is 17.5 Å². The number of benzene rings is 2. The summed E-state index contributed by atoms with van der Waals surface area (Å²) in [4.78, 5) is 50.1. The van der Waals surface area contributed by atoms with Crippen LogP contribution in [-0.4, -0.2) is 48.2 Å². The van der Waals surface area contributed by atoms with Crippen molar-refractivity contribution in [2.45, 2.75) is 0 Å². The van der Waals surface area contributed by atoms with E-state index in [0.29, 0.717) is 10.6 Å². The van der Waals surface area contributed by atoms with Crippen LogP contribution in [0, 0.1) is 10.1 Å². The molecule has 0 saturated heterocycles. The minimum Gasteiger partial charge on any atom is -0.378 e. The molecule has 0 aliphatic carbocycles. The van der Waals surface area contributed by atoms with Crippen molar-refractivity contribution in [3.8, 4) is 0 Å². The summed E-state index contributed by atoms with van der Waals surface area (Å²) in [5.41, 5.74) is 0.648. The third-order valence-electron chi connectivity index (χ3n) is 4.14. The molecular formula is C18H16N4O5. The molecular weight excluding hydrogens is 352 g/mol. The van der Waals surface area contributed by atoms with Crippen molar-refractivity contribution in [3.05, 3.63) is 63.7 Å². The highest BCUT2D eigenvalue weighted by atomic mass is 16.6. The molecule has 3 amide bonds. The van der Waals surface area contributed by atoms with Crippen LogP contribution >= 0.6 is 0 Å². The third-order valence-corrected chi connectivity index (χ3v) is 4.14. The van der Waals surface area contributed by atoms with E-state index in [0.717, 1.165) is 11.8 Å². The Labute approximate surface area is 154 Å². The van der Waals surface area contributed by atoms with E-state index in [4.69, 9.17) is 0 Å². The highest BCUT2D eigenvalue weighted by Gasteiger charge is 2.41. The lowest BCUT2D eigenvalue weighted by atomic mass is 10.1. The largest absolute Gasteiger partial charge is 0.378 e. The molecule has 2 aromatic carbocycles. The van der Waals surface area contributed by atoms with Gasteiger partial charge in [-0.2, -0.15) is 0 Å². The molecule has 9 nitrogen and oxygen atoms in total. The Balaban J connectivity index is 1.75. The Kier molecular flexibility index (Phi) is 4.59. The highest BCUT2D eigenvalue weighted by molar-refractivity contribution is 6.24. The number of imide groups is 1. The fourth-order valence-electron chi connectivity index (χ4n) is 2.80. The van der Waals surface area contributed by atoms with Crippen molar-refractivity contribution in [1.82, 2.24) is 4.90 Å². The Morgan fingerprint density at radius 1 is 1.11 bits per heavy atom. The number of carbonyl (C=O) groups is 3. The maximum absolute atomic E-state index is 12.5. The van der Waals surface area contributed by atoms with Gasteiger partial charge in [0.1, 0.15) is 12.1 Å². The van der Waals surface area contributed by atoms with Crippen LogP contribution in [0.15, 0.2) is 42.5 Å². The number of rotatable bonds is 5. The number of nitro groups is 1. The summed E-state index contributed by atoms with van der Waals surface area (Å²) in [6, 6.07) is 10.8. The lowest BCUT2D eigenvalue weighted by Gasteiger charge is -2.15. The fourth-order valence-corrected chi connectivity index (χ4v) is 2.80. The summed E-state index contributed by atoms with van der Waals surface area (Å²) < 4.78 is 0. The van der Waals surface area contributed by atoms with E-state index in [2.05, 4.69) is 5.32 Å². The van der Waals surface area contributed by atoms with E-state index in [9.17, 15) is 24.5 Å². The van der Waals surface area contributed by atoms with Gasteiger partial charge in [0.15, 0.2) is 0 Å². The normalized spacial score (nSPS) is 12.7. The number of carbonyl (C=O) groups excluding carboxylic acids is 3. The minimum absolute atomic E-state index is 0.0719. The average Bonchev–Trinajstić information content (AvgIpc) is 2.87. The van der Waals surface area contributed by atoms with Crippen LogP contribution in [0.2, 0.25) is 0 Å². The van der Waals surface area contributed by atoms with E-state index < -0.39 is 34.9 Å². The van der Waals surface area contributed by atoms with Gasteiger partial charge in [0.2, 0.25) is 5.91 Å². The standard InChI is InChI=1S/C18H16N4O5/c1-20(2)12-8-6-11(7-9-12)19-15(23)10-21-17(24)13-4-3-5-14(22(26)27)16(13)18(21)25/h3-9H,10H2,1-2H3,(H,19,23). The van der Waals surface area contributed by atoms with E-state index in [1.807, 2.05) is 19.0 Å². The number of nitrogens with zero attached hydrogens (tertiary/aromatic N) is 3. The van der Waals surface area contributed by atoms with Gasteiger partial charge in [-0.1, -0.05) is 6.07 Å². The van der Waals surface area contributed by atoms with Crippen molar-refractivity contribution in [2.24, 2.45) is 0 Å². The Hall–Kier alpha value is -3.75. The first-order valence-corrected chi connectivity index (χ1v) is 8.00. The molecule has 0 saturated carbocycles. The highest BCUT2D eigenvalue weighted by Crippen LogP contribution is 2.30. The maximum Gasteiger partial charge on any atom is 0.282 e. The first-order valence-electron chi connectivity index (χ1n) is 8.00. The molecule has 0 bridgehead atoms. The first kappa shape index (κ1) is 18.1. The van der Waals surface area contributed by atoms with Crippen LogP contribution in [-0.2, 0) is 4.79 Å². The molecule has 0 radical (unpaired) electrons. The van der Waals surface area contributed by atoms with Gasteiger partial charge in [0.05, 0.1) is 10.5 Å². The van der Waals surface area contributed by atoms with Crippen LogP contribution in [0.25, 0.3) is 0 Å². The van der Waals surface area contributed by atoms with Crippen molar-refractivity contribution < 1.29 is 19.3 Å². The second kappa shape index (κ2) is 6.87. The topological polar surface area (TPSA) is 113 Å². The van der Waals surface area contributed by atoms with Crippen LogP contribution in [0.4, 0.5) is 17.1 Å². The molecule has 0 fully saturated rings. The van der Waals surface area contributed by atoms with Crippen LogP contribution in [0.1, 0.15) is 20.7 Å².